The van der Waals surface area contributed by atoms with Gasteiger partial charge in [0.2, 0.25) is 5.88 Å². The van der Waals surface area contributed by atoms with Crippen LogP contribution in [-0.4, -0.2) is 29.4 Å². The van der Waals surface area contributed by atoms with Crippen LogP contribution in [0.2, 0.25) is 0 Å². The van der Waals surface area contributed by atoms with Gasteiger partial charge in [0.1, 0.15) is 5.75 Å². The van der Waals surface area contributed by atoms with Crippen molar-refractivity contribution in [3.63, 3.8) is 0 Å². The van der Waals surface area contributed by atoms with Gasteiger partial charge in [-0.05, 0) is 12.1 Å². The van der Waals surface area contributed by atoms with Gasteiger partial charge in [0.25, 0.3) is 0 Å². The molecule has 1 aromatic heterocycles. The van der Waals surface area contributed by atoms with Gasteiger partial charge < -0.3 is 9.47 Å². The number of methoxy groups -OCH3 is 1. The van der Waals surface area contributed by atoms with Crippen molar-refractivity contribution in [2.24, 2.45) is 0 Å². The molecule has 0 aliphatic rings. The van der Waals surface area contributed by atoms with Gasteiger partial charge in [0.15, 0.2) is 5.03 Å². The van der Waals surface area contributed by atoms with Crippen LogP contribution in [-0.2, 0) is 0 Å². The first kappa shape index (κ1) is 15.1. The summed E-state index contributed by atoms with van der Waals surface area (Å²) in [5, 5.41) is 11.3. The molecule has 1 aromatic carbocycles. The Bertz CT molecular complexity index is 607. The number of aromatic nitrogens is 1. The summed E-state index contributed by atoms with van der Waals surface area (Å²) in [5.41, 5.74) is -0.0273. The SMILES string of the molecule is COc1ccc([N+](=O)[O-])c(SCCOc2ccccc2)n1. The van der Waals surface area contributed by atoms with E-state index in [0.717, 1.165) is 5.75 Å². The summed E-state index contributed by atoms with van der Waals surface area (Å²) in [6.07, 6.45) is 0. The molecule has 2 rings (SSSR count). The Morgan fingerprint density at radius 3 is 2.67 bits per heavy atom. The minimum absolute atomic E-state index is 0.0273. The van der Waals surface area contributed by atoms with Crippen molar-refractivity contribution in [1.82, 2.24) is 4.98 Å². The molecule has 0 spiro atoms. The zero-order valence-corrected chi connectivity index (χ0v) is 12.2. The van der Waals surface area contributed by atoms with E-state index in [1.165, 1.54) is 31.0 Å². The van der Waals surface area contributed by atoms with Crippen molar-refractivity contribution < 1.29 is 14.4 Å². The van der Waals surface area contributed by atoms with Gasteiger partial charge in [-0.25, -0.2) is 0 Å². The molecule has 0 amide bonds. The molecule has 21 heavy (non-hydrogen) atoms. The van der Waals surface area contributed by atoms with Crippen LogP contribution in [0.1, 0.15) is 0 Å². The molecule has 0 saturated heterocycles. The van der Waals surface area contributed by atoms with E-state index in [-0.39, 0.29) is 5.69 Å². The van der Waals surface area contributed by atoms with Gasteiger partial charge in [0, 0.05) is 17.9 Å². The summed E-state index contributed by atoms with van der Waals surface area (Å²) >= 11 is 1.27. The predicted molar refractivity (Wildman–Crippen MR) is 80.1 cm³/mol. The zero-order valence-electron chi connectivity index (χ0n) is 11.4. The third kappa shape index (κ3) is 4.35. The fourth-order valence-electron chi connectivity index (χ4n) is 1.59. The third-order valence-electron chi connectivity index (χ3n) is 2.55. The second-order valence-electron chi connectivity index (χ2n) is 3.94. The number of hydrogen-bond donors (Lipinski definition) is 0. The highest BCUT2D eigenvalue weighted by Gasteiger charge is 2.16. The van der Waals surface area contributed by atoms with Gasteiger partial charge in [-0.1, -0.05) is 30.0 Å². The minimum atomic E-state index is -0.452. The molecule has 7 heteroatoms. The standard InChI is InChI=1S/C14H14N2O4S/c1-19-13-8-7-12(16(17)18)14(15-13)21-10-9-20-11-5-3-2-4-6-11/h2-8H,9-10H2,1H3. The zero-order chi connectivity index (χ0) is 15.1. The number of hydrogen-bond acceptors (Lipinski definition) is 6. The van der Waals surface area contributed by atoms with Crippen LogP contribution in [0.5, 0.6) is 11.6 Å². The third-order valence-corrected chi connectivity index (χ3v) is 3.50. The monoisotopic (exact) mass is 306 g/mol. The number of rotatable bonds is 7. The van der Waals surface area contributed by atoms with Crippen molar-refractivity contribution >= 4 is 17.4 Å². The number of nitrogens with zero attached hydrogens (tertiary/aromatic N) is 2. The molecule has 1 heterocycles. The summed E-state index contributed by atoms with van der Waals surface area (Å²) in [6.45, 7) is 0.435. The molecule has 2 aromatic rings. The Hall–Kier alpha value is -2.28. The van der Waals surface area contributed by atoms with Crippen molar-refractivity contribution in [3.05, 3.63) is 52.6 Å². The highest BCUT2D eigenvalue weighted by molar-refractivity contribution is 7.99. The van der Waals surface area contributed by atoms with Crippen molar-refractivity contribution in [2.75, 3.05) is 19.5 Å². The normalized spacial score (nSPS) is 10.1. The van der Waals surface area contributed by atoms with Crippen LogP contribution < -0.4 is 9.47 Å². The maximum absolute atomic E-state index is 11.0. The maximum Gasteiger partial charge on any atom is 0.301 e. The first-order valence-corrected chi connectivity index (χ1v) is 7.19. The number of nitro groups is 1. The van der Waals surface area contributed by atoms with Crippen LogP contribution >= 0.6 is 11.8 Å². The molecule has 0 N–H and O–H groups in total. The van der Waals surface area contributed by atoms with Crippen molar-refractivity contribution in [1.29, 1.82) is 0 Å². The molecular weight excluding hydrogens is 292 g/mol. The van der Waals surface area contributed by atoms with Crippen LogP contribution in [0.25, 0.3) is 0 Å². The van der Waals surface area contributed by atoms with E-state index in [9.17, 15) is 10.1 Å². The summed E-state index contributed by atoms with van der Waals surface area (Å²) in [5.74, 6) is 1.67. The quantitative estimate of drug-likeness (QED) is 0.338. The first-order chi connectivity index (χ1) is 10.2. The van der Waals surface area contributed by atoms with Gasteiger partial charge in [0.05, 0.1) is 18.6 Å². The van der Waals surface area contributed by atoms with Crippen LogP contribution in [0.15, 0.2) is 47.5 Å². The van der Waals surface area contributed by atoms with E-state index in [4.69, 9.17) is 9.47 Å². The first-order valence-electron chi connectivity index (χ1n) is 6.21. The smallest absolute Gasteiger partial charge is 0.301 e. The van der Waals surface area contributed by atoms with Gasteiger partial charge >= 0.3 is 5.69 Å². The Morgan fingerprint density at radius 1 is 1.24 bits per heavy atom. The van der Waals surface area contributed by atoms with Crippen LogP contribution in [0.4, 0.5) is 5.69 Å². The van der Waals surface area contributed by atoms with Gasteiger partial charge in [-0.2, -0.15) is 4.98 Å². The molecule has 0 saturated carbocycles. The summed E-state index contributed by atoms with van der Waals surface area (Å²) in [7, 11) is 1.47. The van der Waals surface area contributed by atoms with E-state index in [0.29, 0.717) is 23.3 Å². The predicted octanol–water partition coefficient (Wildman–Crippen LogP) is 3.17. The fraction of sp³-hybridized carbons (Fsp3) is 0.214. The highest BCUT2D eigenvalue weighted by Crippen LogP contribution is 2.29. The lowest BCUT2D eigenvalue weighted by molar-refractivity contribution is -0.388. The van der Waals surface area contributed by atoms with Crippen molar-refractivity contribution in [3.8, 4) is 11.6 Å². The van der Waals surface area contributed by atoms with E-state index in [2.05, 4.69) is 4.98 Å². The molecule has 0 bridgehead atoms. The highest BCUT2D eigenvalue weighted by atomic mass is 32.2. The molecule has 110 valence electrons. The number of ether oxygens (including phenoxy) is 2. The van der Waals surface area contributed by atoms with E-state index in [1.54, 1.807) is 0 Å². The van der Waals surface area contributed by atoms with E-state index in [1.807, 2.05) is 30.3 Å². The Morgan fingerprint density at radius 2 is 2.00 bits per heavy atom. The number of para-hydroxylation sites is 1. The minimum Gasteiger partial charge on any atom is -0.493 e. The van der Waals surface area contributed by atoms with Crippen LogP contribution in [0.3, 0.4) is 0 Å². The molecule has 0 fully saturated rings. The maximum atomic E-state index is 11.0. The average molecular weight is 306 g/mol. The second-order valence-corrected chi connectivity index (χ2v) is 5.03. The number of pyridine rings is 1. The van der Waals surface area contributed by atoms with E-state index < -0.39 is 4.92 Å². The molecule has 0 aliphatic carbocycles. The van der Waals surface area contributed by atoms with Gasteiger partial charge in [-0.3, -0.25) is 10.1 Å². The molecule has 6 nitrogen and oxygen atoms in total. The Labute approximate surface area is 126 Å². The topological polar surface area (TPSA) is 74.5 Å². The molecular formula is C14H14N2O4S. The lowest BCUT2D eigenvalue weighted by Gasteiger charge is -2.06. The number of thioether (sulfide) groups is 1. The lowest BCUT2D eigenvalue weighted by Crippen LogP contribution is -2.02. The molecule has 0 unspecified atom stereocenters. The Balaban J connectivity index is 1.94. The fourth-order valence-corrected chi connectivity index (χ4v) is 2.39. The molecule has 0 atom stereocenters. The van der Waals surface area contributed by atoms with Gasteiger partial charge in [-0.15, -0.1) is 0 Å². The van der Waals surface area contributed by atoms with Crippen molar-refractivity contribution in [2.45, 2.75) is 5.03 Å². The number of benzene rings is 1. The van der Waals surface area contributed by atoms with Crippen LogP contribution in [0, 0.1) is 10.1 Å². The molecule has 0 aliphatic heterocycles. The lowest BCUT2D eigenvalue weighted by atomic mass is 10.3. The largest absolute Gasteiger partial charge is 0.493 e. The summed E-state index contributed by atoms with van der Waals surface area (Å²) < 4.78 is 10.5. The average Bonchev–Trinajstić information content (AvgIpc) is 2.52. The second kappa shape index (κ2) is 7.49. The van der Waals surface area contributed by atoms with E-state index >= 15 is 0 Å². The summed E-state index contributed by atoms with van der Waals surface area (Å²) in [6, 6.07) is 12.3. The summed E-state index contributed by atoms with van der Waals surface area (Å²) in [4.78, 5) is 14.6. The molecule has 0 radical (unpaired) electrons. The Kier molecular flexibility index (Phi) is 5.39.